The fraction of sp³-hybridized carbons (Fsp3) is 0.625. The number of morpholine rings is 1. The van der Waals surface area contributed by atoms with E-state index in [1.54, 1.807) is 12.3 Å². The van der Waals surface area contributed by atoms with E-state index in [-0.39, 0.29) is 11.9 Å². The lowest BCUT2D eigenvalue weighted by Gasteiger charge is -2.35. The highest BCUT2D eigenvalue weighted by Gasteiger charge is 2.42. The van der Waals surface area contributed by atoms with Crippen LogP contribution in [0.5, 0.6) is 0 Å². The molecular weight excluding hydrogens is 302 g/mol. The number of fused-ring (bicyclic) bond motifs is 1. The van der Waals surface area contributed by atoms with Crippen molar-refractivity contribution in [3.63, 3.8) is 0 Å². The van der Waals surface area contributed by atoms with Crippen molar-refractivity contribution in [2.45, 2.75) is 37.5 Å². The molecule has 3 heterocycles. The van der Waals surface area contributed by atoms with Gasteiger partial charge in [-0.15, -0.1) is 0 Å². The van der Waals surface area contributed by atoms with Gasteiger partial charge in [0.05, 0.1) is 23.3 Å². The lowest BCUT2D eigenvalue weighted by atomic mass is 10.1. The Morgan fingerprint density at radius 1 is 1.36 bits per heavy atom. The molecule has 2 saturated heterocycles. The number of halogens is 1. The molecule has 6 heteroatoms. The molecular formula is C16H20ClN3O2. The highest BCUT2D eigenvalue weighted by atomic mass is 35.5. The Bertz CT molecular complexity index is 578. The third kappa shape index (κ3) is 2.98. The van der Waals surface area contributed by atoms with E-state index in [0.717, 1.165) is 32.0 Å². The predicted molar refractivity (Wildman–Crippen MR) is 82.9 cm³/mol. The minimum Gasteiger partial charge on any atom is -0.375 e. The molecule has 0 unspecified atom stereocenters. The minimum atomic E-state index is -0.0977. The number of hydrogen-bond donors (Lipinski definition) is 1. The molecule has 2 aliphatic heterocycles. The molecule has 3 aliphatic rings. The lowest BCUT2D eigenvalue weighted by Crippen LogP contribution is -2.47. The summed E-state index contributed by atoms with van der Waals surface area (Å²) in [5.41, 5.74) is 0.518. The van der Waals surface area contributed by atoms with Gasteiger partial charge in [-0.1, -0.05) is 11.6 Å². The van der Waals surface area contributed by atoms with E-state index in [1.165, 1.54) is 19.0 Å². The Morgan fingerprint density at radius 3 is 3.00 bits per heavy atom. The number of nitrogens with one attached hydrogen (secondary N) is 1. The Morgan fingerprint density at radius 2 is 2.23 bits per heavy atom. The van der Waals surface area contributed by atoms with Gasteiger partial charge in [0.2, 0.25) is 0 Å². The summed E-state index contributed by atoms with van der Waals surface area (Å²) in [6.45, 7) is 2.73. The van der Waals surface area contributed by atoms with E-state index in [1.807, 2.05) is 0 Å². The monoisotopic (exact) mass is 321 g/mol. The van der Waals surface area contributed by atoms with Crippen LogP contribution in [-0.4, -0.2) is 53.7 Å². The van der Waals surface area contributed by atoms with Crippen LogP contribution >= 0.6 is 11.6 Å². The molecule has 4 rings (SSSR count). The van der Waals surface area contributed by atoms with Crippen LogP contribution in [0.4, 0.5) is 0 Å². The van der Waals surface area contributed by atoms with Crippen molar-refractivity contribution in [3.8, 4) is 0 Å². The zero-order valence-electron chi connectivity index (χ0n) is 12.4. The summed E-state index contributed by atoms with van der Waals surface area (Å²) < 4.78 is 5.99. The lowest BCUT2D eigenvalue weighted by molar-refractivity contribution is -0.0581. The molecule has 0 aromatic carbocycles. The summed E-state index contributed by atoms with van der Waals surface area (Å²) in [5, 5.41) is 3.59. The Balaban J connectivity index is 1.35. The molecule has 5 nitrogen and oxygen atoms in total. The van der Waals surface area contributed by atoms with Crippen LogP contribution in [0.15, 0.2) is 18.5 Å². The highest BCUT2D eigenvalue weighted by Crippen LogP contribution is 2.37. The van der Waals surface area contributed by atoms with Crippen LogP contribution < -0.4 is 5.32 Å². The van der Waals surface area contributed by atoms with Crippen LogP contribution in [-0.2, 0) is 4.74 Å². The molecule has 1 saturated carbocycles. The number of carbonyl (C=O) groups is 1. The van der Waals surface area contributed by atoms with Crippen molar-refractivity contribution >= 4 is 17.5 Å². The fourth-order valence-electron chi connectivity index (χ4n) is 3.56. The number of hydrogen-bond acceptors (Lipinski definition) is 4. The van der Waals surface area contributed by atoms with E-state index >= 15 is 0 Å². The first-order valence-corrected chi connectivity index (χ1v) is 8.34. The molecule has 22 heavy (non-hydrogen) atoms. The van der Waals surface area contributed by atoms with Gasteiger partial charge in [-0.05, 0) is 31.2 Å². The molecule has 1 aromatic heterocycles. The molecule has 1 amide bonds. The standard InChI is InChI=1S/C16H20ClN3O2/c17-12-3-11(5-18-6-12)16(21)19-13-4-14-9-22-15(10-1-2-10)8-20(14)7-13/h3,5-6,10,13-15H,1-2,4,7-9H2,(H,19,21)/t13-,14-,15+/m0/s1. The number of carbonyl (C=O) groups excluding carboxylic acids is 1. The molecule has 1 N–H and O–H groups in total. The summed E-state index contributed by atoms with van der Waals surface area (Å²) >= 11 is 5.89. The van der Waals surface area contributed by atoms with Gasteiger partial charge in [0.15, 0.2) is 0 Å². The number of nitrogens with zero attached hydrogens (tertiary/aromatic N) is 2. The van der Waals surface area contributed by atoms with Gasteiger partial charge in [-0.25, -0.2) is 0 Å². The normalized spacial score (nSPS) is 31.8. The van der Waals surface area contributed by atoms with Crippen LogP contribution in [0.2, 0.25) is 5.02 Å². The van der Waals surface area contributed by atoms with Crippen molar-refractivity contribution in [3.05, 3.63) is 29.0 Å². The van der Waals surface area contributed by atoms with Crippen LogP contribution in [0.1, 0.15) is 29.6 Å². The van der Waals surface area contributed by atoms with Gasteiger partial charge in [0.1, 0.15) is 0 Å². The zero-order chi connectivity index (χ0) is 15.1. The van der Waals surface area contributed by atoms with E-state index in [9.17, 15) is 4.79 Å². The van der Waals surface area contributed by atoms with Gasteiger partial charge in [-0.2, -0.15) is 0 Å². The topological polar surface area (TPSA) is 54.5 Å². The summed E-state index contributed by atoms with van der Waals surface area (Å²) in [5.74, 6) is 0.673. The first-order chi connectivity index (χ1) is 10.7. The Hall–Kier alpha value is -1.17. The molecule has 3 atom stereocenters. The number of pyridine rings is 1. The second kappa shape index (κ2) is 5.80. The smallest absolute Gasteiger partial charge is 0.253 e. The second-order valence-electron chi connectivity index (χ2n) is 6.61. The average molecular weight is 322 g/mol. The highest BCUT2D eigenvalue weighted by molar-refractivity contribution is 6.30. The molecule has 118 valence electrons. The molecule has 3 fully saturated rings. The largest absolute Gasteiger partial charge is 0.375 e. The summed E-state index contributed by atoms with van der Waals surface area (Å²) in [7, 11) is 0. The maximum Gasteiger partial charge on any atom is 0.253 e. The first kappa shape index (κ1) is 14.4. The van der Waals surface area contributed by atoms with Crippen molar-refractivity contribution in [1.29, 1.82) is 0 Å². The molecule has 1 aromatic rings. The fourth-order valence-corrected chi connectivity index (χ4v) is 3.74. The quantitative estimate of drug-likeness (QED) is 0.921. The van der Waals surface area contributed by atoms with Gasteiger partial charge < -0.3 is 10.1 Å². The van der Waals surface area contributed by atoms with E-state index < -0.39 is 0 Å². The maximum absolute atomic E-state index is 12.3. The van der Waals surface area contributed by atoms with Gasteiger partial charge in [-0.3, -0.25) is 14.7 Å². The Labute approximate surface area is 135 Å². The van der Waals surface area contributed by atoms with Gasteiger partial charge >= 0.3 is 0 Å². The number of amides is 1. The van der Waals surface area contributed by atoms with Crippen LogP contribution in [0.25, 0.3) is 0 Å². The summed E-state index contributed by atoms with van der Waals surface area (Å²) in [6.07, 6.45) is 7.06. The Kier molecular flexibility index (Phi) is 3.80. The predicted octanol–water partition coefficient (Wildman–Crippen LogP) is 1.72. The number of aromatic nitrogens is 1. The third-order valence-corrected chi connectivity index (χ3v) is 5.10. The van der Waals surface area contributed by atoms with Gasteiger partial charge in [0.25, 0.3) is 5.91 Å². The van der Waals surface area contributed by atoms with E-state index in [0.29, 0.717) is 22.7 Å². The summed E-state index contributed by atoms with van der Waals surface area (Å²) in [6, 6.07) is 2.27. The number of rotatable bonds is 3. The second-order valence-corrected chi connectivity index (χ2v) is 7.05. The molecule has 0 spiro atoms. The first-order valence-electron chi connectivity index (χ1n) is 7.96. The van der Waals surface area contributed by atoms with Crippen molar-refractivity contribution in [1.82, 2.24) is 15.2 Å². The molecule has 1 aliphatic carbocycles. The minimum absolute atomic E-state index is 0.0977. The van der Waals surface area contributed by atoms with E-state index in [2.05, 4.69) is 15.2 Å². The molecule has 0 radical (unpaired) electrons. The maximum atomic E-state index is 12.3. The van der Waals surface area contributed by atoms with E-state index in [4.69, 9.17) is 16.3 Å². The van der Waals surface area contributed by atoms with Crippen molar-refractivity contribution in [2.75, 3.05) is 19.7 Å². The van der Waals surface area contributed by atoms with Crippen LogP contribution in [0, 0.1) is 5.92 Å². The zero-order valence-corrected chi connectivity index (χ0v) is 13.1. The summed E-state index contributed by atoms with van der Waals surface area (Å²) in [4.78, 5) is 18.7. The van der Waals surface area contributed by atoms with Crippen molar-refractivity contribution < 1.29 is 9.53 Å². The molecule has 0 bridgehead atoms. The van der Waals surface area contributed by atoms with Crippen molar-refractivity contribution in [2.24, 2.45) is 5.92 Å². The number of ether oxygens (including phenoxy) is 1. The van der Waals surface area contributed by atoms with Gasteiger partial charge in [0, 0.05) is 37.6 Å². The SMILES string of the molecule is O=C(N[C@H]1C[C@H]2CO[C@@H](C3CC3)CN2C1)c1cncc(Cl)c1. The van der Waals surface area contributed by atoms with Crippen LogP contribution in [0.3, 0.4) is 0 Å². The third-order valence-electron chi connectivity index (χ3n) is 4.90. The average Bonchev–Trinajstić information content (AvgIpc) is 3.27.